The summed E-state index contributed by atoms with van der Waals surface area (Å²) < 4.78 is 54.0. The zero-order valence-corrected chi connectivity index (χ0v) is 36.2. The summed E-state index contributed by atoms with van der Waals surface area (Å²) in [4.78, 5) is 25.4. The number of allylic oxidation sites excluding steroid dienone is 10. The molecule has 1 heterocycles. The average Bonchev–Trinajstić information content (AvgIpc) is 3.18. The molecule has 334 valence electrons. The van der Waals surface area contributed by atoms with Gasteiger partial charge in [0.2, 0.25) is 0 Å². The van der Waals surface area contributed by atoms with Crippen LogP contribution >= 0.6 is 0 Å². The molecule has 0 spiro atoms. The van der Waals surface area contributed by atoms with E-state index in [-0.39, 0.29) is 19.4 Å². The number of aliphatic hydroxyl groups excluding tert-OH is 3. The van der Waals surface area contributed by atoms with Gasteiger partial charge in [0.1, 0.15) is 36.8 Å². The number of unbranched alkanes of at least 4 members (excludes halogenated alkanes) is 16. The zero-order chi connectivity index (χ0) is 42.7. The first-order chi connectivity index (χ1) is 28.0. The molecule has 0 saturated carbocycles. The maximum absolute atomic E-state index is 12.8. The van der Waals surface area contributed by atoms with E-state index in [1.54, 1.807) is 0 Å². The standard InChI is InChI=1S/C45H76O12S/c1-3-5-7-9-11-13-15-17-19-21-23-25-27-29-31-33-40(46)54-35-38(36-55-45-44(50)43(49)42(48)39(57-45)37-58(51,52)53)56-41(47)34-32-30-28-26-24-22-20-18-16-14-12-10-8-6-4-2/h5,7,9,11,13,15,17,19,24,26,38-39,42-45,48-50H,3-4,6,8,10,12,14,16,18,20-23,25,27-37H2,1-2H3,(H,51,52,53)/b7-5+,11-9+,15-13+,19-17+,26-24+/t38-,39-,42-,43?,44?,45+/m1/s1. The second kappa shape index (κ2) is 35.1. The van der Waals surface area contributed by atoms with Crippen LogP contribution in [0.15, 0.2) is 60.8 Å². The predicted molar refractivity (Wildman–Crippen MR) is 229 cm³/mol. The van der Waals surface area contributed by atoms with Crippen LogP contribution in [0.4, 0.5) is 0 Å². The highest BCUT2D eigenvalue weighted by Gasteiger charge is 2.46. The molecule has 6 atom stereocenters. The molecule has 2 unspecified atom stereocenters. The lowest BCUT2D eigenvalue weighted by atomic mass is 10.00. The van der Waals surface area contributed by atoms with Crippen LogP contribution in [-0.4, -0.2) is 96.0 Å². The Morgan fingerprint density at radius 1 is 0.603 bits per heavy atom. The molecule has 0 amide bonds. The van der Waals surface area contributed by atoms with Gasteiger partial charge in [-0.1, -0.05) is 145 Å². The van der Waals surface area contributed by atoms with Crippen molar-refractivity contribution >= 4 is 22.1 Å². The summed E-state index contributed by atoms with van der Waals surface area (Å²) in [5.41, 5.74) is 0. The van der Waals surface area contributed by atoms with Crippen molar-refractivity contribution in [3.8, 4) is 0 Å². The van der Waals surface area contributed by atoms with Crippen molar-refractivity contribution in [3.05, 3.63) is 60.8 Å². The molecular formula is C45H76O12S. The third-order valence-corrected chi connectivity index (χ3v) is 10.4. The summed E-state index contributed by atoms with van der Waals surface area (Å²) >= 11 is 0. The molecule has 0 aromatic carbocycles. The summed E-state index contributed by atoms with van der Waals surface area (Å²) in [6, 6.07) is 0. The summed E-state index contributed by atoms with van der Waals surface area (Å²) in [5.74, 6) is -2.05. The lowest BCUT2D eigenvalue weighted by Gasteiger charge is -2.40. The van der Waals surface area contributed by atoms with Crippen molar-refractivity contribution < 1.29 is 56.8 Å². The molecule has 0 bridgehead atoms. The highest BCUT2D eigenvalue weighted by atomic mass is 32.2. The van der Waals surface area contributed by atoms with Gasteiger partial charge in [0.25, 0.3) is 10.1 Å². The number of esters is 2. The topological polar surface area (TPSA) is 186 Å². The molecule has 12 nitrogen and oxygen atoms in total. The first kappa shape index (κ1) is 53.4. The number of carbonyl (C=O) groups excluding carboxylic acids is 2. The Hall–Kier alpha value is -2.65. The van der Waals surface area contributed by atoms with Crippen LogP contribution < -0.4 is 0 Å². The molecule has 1 fully saturated rings. The molecule has 0 aliphatic carbocycles. The van der Waals surface area contributed by atoms with Crippen molar-refractivity contribution in [1.29, 1.82) is 0 Å². The third-order valence-electron chi connectivity index (χ3n) is 9.68. The smallest absolute Gasteiger partial charge is 0.306 e. The lowest BCUT2D eigenvalue weighted by Crippen LogP contribution is -2.60. The van der Waals surface area contributed by atoms with Gasteiger partial charge < -0.3 is 34.3 Å². The number of rotatable bonds is 35. The number of hydrogen-bond acceptors (Lipinski definition) is 11. The van der Waals surface area contributed by atoms with Crippen molar-refractivity contribution in [3.63, 3.8) is 0 Å². The van der Waals surface area contributed by atoms with E-state index in [4.69, 9.17) is 18.9 Å². The van der Waals surface area contributed by atoms with Crippen molar-refractivity contribution in [2.45, 2.75) is 192 Å². The van der Waals surface area contributed by atoms with Gasteiger partial charge in [-0.25, -0.2) is 0 Å². The number of aliphatic hydroxyl groups is 3. The molecule has 1 saturated heterocycles. The largest absolute Gasteiger partial charge is 0.462 e. The highest BCUT2D eigenvalue weighted by molar-refractivity contribution is 7.85. The first-order valence-electron chi connectivity index (χ1n) is 21.9. The Bertz CT molecular complexity index is 1310. The van der Waals surface area contributed by atoms with Crippen LogP contribution in [0.1, 0.15) is 155 Å². The lowest BCUT2D eigenvalue weighted by molar-refractivity contribution is -0.297. The van der Waals surface area contributed by atoms with Gasteiger partial charge in [0, 0.05) is 12.8 Å². The van der Waals surface area contributed by atoms with Crippen LogP contribution in [-0.2, 0) is 38.7 Å². The Morgan fingerprint density at radius 2 is 1.10 bits per heavy atom. The second-order valence-electron chi connectivity index (χ2n) is 15.1. The maximum Gasteiger partial charge on any atom is 0.306 e. The fourth-order valence-electron chi connectivity index (χ4n) is 6.27. The minimum absolute atomic E-state index is 0.126. The molecule has 4 N–H and O–H groups in total. The van der Waals surface area contributed by atoms with Crippen molar-refractivity contribution in [1.82, 2.24) is 0 Å². The van der Waals surface area contributed by atoms with Crippen LogP contribution in [0.3, 0.4) is 0 Å². The average molecular weight is 841 g/mol. The third kappa shape index (κ3) is 29.5. The van der Waals surface area contributed by atoms with Crippen LogP contribution in [0.5, 0.6) is 0 Å². The van der Waals surface area contributed by atoms with E-state index in [9.17, 15) is 37.9 Å². The van der Waals surface area contributed by atoms with Crippen molar-refractivity contribution in [2.24, 2.45) is 0 Å². The van der Waals surface area contributed by atoms with Crippen molar-refractivity contribution in [2.75, 3.05) is 19.0 Å². The minimum atomic E-state index is -4.61. The van der Waals surface area contributed by atoms with E-state index in [0.29, 0.717) is 12.8 Å². The quantitative estimate of drug-likeness (QED) is 0.0157. The van der Waals surface area contributed by atoms with Crippen LogP contribution in [0.25, 0.3) is 0 Å². The molecule has 1 aliphatic heterocycles. The number of hydrogen-bond donors (Lipinski definition) is 4. The monoisotopic (exact) mass is 841 g/mol. The summed E-state index contributed by atoms with van der Waals surface area (Å²) in [6.45, 7) is 3.57. The molecule has 13 heteroatoms. The van der Waals surface area contributed by atoms with E-state index in [1.807, 2.05) is 36.5 Å². The van der Waals surface area contributed by atoms with Gasteiger partial charge in [0.15, 0.2) is 12.4 Å². The predicted octanol–water partition coefficient (Wildman–Crippen LogP) is 8.56. The molecule has 1 aliphatic rings. The second-order valence-corrected chi connectivity index (χ2v) is 16.6. The number of carbonyl (C=O) groups is 2. The van der Waals surface area contributed by atoms with E-state index < -0.39 is 71.2 Å². The molecule has 1 rings (SSSR count). The minimum Gasteiger partial charge on any atom is -0.462 e. The Balaban J connectivity index is 2.50. The van der Waals surface area contributed by atoms with Gasteiger partial charge in [-0.05, 0) is 57.8 Å². The highest BCUT2D eigenvalue weighted by Crippen LogP contribution is 2.24. The van der Waals surface area contributed by atoms with Gasteiger partial charge in [-0.3, -0.25) is 14.1 Å². The first-order valence-corrected chi connectivity index (χ1v) is 23.5. The summed E-state index contributed by atoms with van der Waals surface area (Å²) in [7, 11) is -4.61. The molecule has 0 aromatic heterocycles. The summed E-state index contributed by atoms with van der Waals surface area (Å²) in [6.07, 6.45) is 32.7. The van der Waals surface area contributed by atoms with Gasteiger partial charge in [-0.15, -0.1) is 0 Å². The SMILES string of the molecule is CC/C=C/C=C/C=C/C=C/CCCCCCCC(=O)OC[C@H](CO[C@H]1O[C@H](CS(=O)(=O)O)[C@@H](O)C(O)C1O)OC(=O)CCCC/C=C/CCCCCCCCCCC. The molecular weight excluding hydrogens is 765 g/mol. The zero-order valence-electron chi connectivity index (χ0n) is 35.4. The maximum atomic E-state index is 12.8. The van der Waals surface area contributed by atoms with Crippen LogP contribution in [0, 0.1) is 0 Å². The van der Waals surface area contributed by atoms with Crippen LogP contribution in [0.2, 0.25) is 0 Å². The van der Waals surface area contributed by atoms with E-state index in [2.05, 4.69) is 38.2 Å². The molecule has 0 aromatic rings. The van der Waals surface area contributed by atoms with E-state index >= 15 is 0 Å². The van der Waals surface area contributed by atoms with Gasteiger partial charge in [0.05, 0.1) is 6.61 Å². The normalized spacial score (nSPS) is 21.0. The fraction of sp³-hybridized carbons (Fsp3) is 0.733. The molecule has 58 heavy (non-hydrogen) atoms. The van der Waals surface area contributed by atoms with Gasteiger partial charge >= 0.3 is 11.9 Å². The van der Waals surface area contributed by atoms with E-state index in [1.165, 1.54) is 57.8 Å². The Morgan fingerprint density at radius 3 is 1.71 bits per heavy atom. The molecule has 0 radical (unpaired) electrons. The Labute approximate surface area is 349 Å². The fourth-order valence-corrected chi connectivity index (χ4v) is 6.96. The number of ether oxygens (including phenoxy) is 4. The van der Waals surface area contributed by atoms with E-state index in [0.717, 1.165) is 57.8 Å². The Kier molecular flexibility index (Phi) is 32.3. The van der Waals surface area contributed by atoms with Gasteiger partial charge in [-0.2, -0.15) is 8.42 Å². The summed E-state index contributed by atoms with van der Waals surface area (Å²) in [5, 5.41) is 30.8.